The van der Waals surface area contributed by atoms with Crippen LogP contribution in [0.3, 0.4) is 0 Å². The number of rotatable bonds is 5. The Morgan fingerprint density at radius 2 is 2.27 bits per heavy atom. The minimum absolute atomic E-state index is 0.0733. The van der Waals surface area contributed by atoms with Gasteiger partial charge in [-0.05, 0) is 19.9 Å². The highest BCUT2D eigenvalue weighted by Gasteiger charge is 2.27. The van der Waals surface area contributed by atoms with Crippen LogP contribution < -0.4 is 0 Å². The fourth-order valence-electron chi connectivity index (χ4n) is 1.25. The van der Waals surface area contributed by atoms with Crippen LogP contribution in [0.4, 0.5) is 0 Å². The lowest BCUT2D eigenvalue weighted by Crippen LogP contribution is -2.38. The van der Waals surface area contributed by atoms with E-state index in [9.17, 15) is 8.42 Å². The number of halogens is 1. The normalized spacial score (nSPS) is 12.6. The van der Waals surface area contributed by atoms with E-state index in [0.29, 0.717) is 11.9 Å². The first-order valence-electron chi connectivity index (χ1n) is 4.57. The predicted octanol–water partition coefficient (Wildman–Crippen LogP) is 1.20. The molecule has 5 nitrogen and oxygen atoms in total. The summed E-state index contributed by atoms with van der Waals surface area (Å²) in [7, 11) is -3.43. The fourth-order valence-corrected chi connectivity index (χ4v) is 3.41. The Kier molecular flexibility index (Phi) is 4.30. The summed E-state index contributed by atoms with van der Waals surface area (Å²) in [5.41, 5.74) is 0. The number of hydrogen-bond acceptors (Lipinski definition) is 3. The summed E-state index contributed by atoms with van der Waals surface area (Å²) in [6.45, 7) is 4.13. The Morgan fingerprint density at radius 1 is 1.60 bits per heavy atom. The van der Waals surface area contributed by atoms with Gasteiger partial charge in [-0.1, -0.05) is 15.9 Å². The van der Waals surface area contributed by atoms with Crippen molar-refractivity contribution in [3.05, 3.63) is 12.3 Å². The van der Waals surface area contributed by atoms with Crippen molar-refractivity contribution >= 4 is 26.0 Å². The molecule has 1 aromatic heterocycles. The smallest absolute Gasteiger partial charge is 0.260 e. The summed E-state index contributed by atoms with van der Waals surface area (Å²) in [5, 5.41) is 6.87. The molecule has 0 radical (unpaired) electrons. The molecule has 0 aliphatic heterocycles. The molecule has 1 rings (SSSR count). The Hall–Kier alpha value is -0.400. The molecule has 0 saturated heterocycles. The van der Waals surface area contributed by atoms with Gasteiger partial charge in [-0.15, -0.1) is 0 Å². The van der Waals surface area contributed by atoms with Gasteiger partial charge in [-0.2, -0.15) is 9.40 Å². The van der Waals surface area contributed by atoms with E-state index < -0.39 is 10.0 Å². The van der Waals surface area contributed by atoms with E-state index in [2.05, 4.69) is 26.1 Å². The number of alkyl halides is 1. The summed E-state index contributed by atoms with van der Waals surface area (Å²) in [6, 6.07) is 1.38. The third kappa shape index (κ3) is 2.79. The largest absolute Gasteiger partial charge is 0.266 e. The molecule has 1 heterocycles. The average molecular weight is 296 g/mol. The molecule has 15 heavy (non-hydrogen) atoms. The van der Waals surface area contributed by atoms with Crippen LogP contribution >= 0.6 is 15.9 Å². The van der Waals surface area contributed by atoms with E-state index in [1.54, 1.807) is 0 Å². The van der Waals surface area contributed by atoms with Crippen molar-refractivity contribution < 1.29 is 8.42 Å². The van der Waals surface area contributed by atoms with Crippen LogP contribution in [0.5, 0.6) is 0 Å². The maximum absolute atomic E-state index is 12.1. The van der Waals surface area contributed by atoms with Crippen molar-refractivity contribution in [2.45, 2.75) is 24.9 Å². The highest BCUT2D eigenvalue weighted by atomic mass is 79.9. The number of aromatic nitrogens is 2. The van der Waals surface area contributed by atoms with E-state index >= 15 is 0 Å². The lowest BCUT2D eigenvalue weighted by atomic mass is 10.4. The lowest BCUT2D eigenvalue weighted by Gasteiger charge is -2.23. The van der Waals surface area contributed by atoms with E-state index in [1.807, 2.05) is 13.8 Å². The summed E-state index contributed by atoms with van der Waals surface area (Å²) in [4.78, 5) is 0. The lowest BCUT2D eigenvalue weighted by molar-refractivity contribution is 0.370. The van der Waals surface area contributed by atoms with Gasteiger partial charge in [0.25, 0.3) is 10.0 Å². The van der Waals surface area contributed by atoms with Crippen LogP contribution in [0, 0.1) is 0 Å². The molecule has 1 N–H and O–H groups in total. The minimum Gasteiger partial charge on any atom is -0.266 e. The highest BCUT2D eigenvalue weighted by molar-refractivity contribution is 9.09. The summed E-state index contributed by atoms with van der Waals surface area (Å²) in [5.74, 6) is 0. The second-order valence-corrected chi connectivity index (χ2v) is 5.97. The highest BCUT2D eigenvalue weighted by Crippen LogP contribution is 2.15. The fraction of sp³-hybridized carbons (Fsp3) is 0.625. The maximum Gasteiger partial charge on any atom is 0.260 e. The van der Waals surface area contributed by atoms with Crippen LogP contribution in [-0.4, -0.2) is 40.8 Å². The Balaban J connectivity index is 3.02. The van der Waals surface area contributed by atoms with Gasteiger partial charge in [0.1, 0.15) is 0 Å². The van der Waals surface area contributed by atoms with Gasteiger partial charge < -0.3 is 0 Å². The Bertz CT molecular complexity index is 388. The predicted molar refractivity (Wildman–Crippen MR) is 61.4 cm³/mol. The number of nitrogens with zero attached hydrogens (tertiary/aromatic N) is 2. The van der Waals surface area contributed by atoms with E-state index in [-0.39, 0.29) is 11.1 Å². The standard InChI is InChI=1S/C8H14BrN3O2S/c1-7(2)12(6-4-9)15(13,14)8-3-5-10-11-8/h3,5,7H,4,6H2,1-2H3,(H,10,11). The molecule has 0 atom stereocenters. The zero-order valence-electron chi connectivity index (χ0n) is 8.64. The van der Waals surface area contributed by atoms with Gasteiger partial charge >= 0.3 is 0 Å². The molecule has 0 fully saturated rings. The first-order valence-corrected chi connectivity index (χ1v) is 7.13. The molecule has 0 spiro atoms. The number of sulfonamides is 1. The van der Waals surface area contributed by atoms with E-state index in [4.69, 9.17) is 0 Å². The SMILES string of the molecule is CC(C)N(CCBr)S(=O)(=O)c1ccn[nH]1. The second kappa shape index (κ2) is 5.09. The van der Waals surface area contributed by atoms with Crippen molar-refractivity contribution in [2.75, 3.05) is 11.9 Å². The number of nitrogens with one attached hydrogen (secondary N) is 1. The molecule has 0 aliphatic rings. The van der Waals surface area contributed by atoms with Crippen LogP contribution in [0.15, 0.2) is 17.3 Å². The Morgan fingerprint density at radius 3 is 2.67 bits per heavy atom. The quantitative estimate of drug-likeness (QED) is 0.830. The zero-order valence-corrected chi connectivity index (χ0v) is 11.0. The molecule has 1 aromatic rings. The van der Waals surface area contributed by atoms with Gasteiger partial charge in [0.2, 0.25) is 0 Å². The molecule has 0 bridgehead atoms. The third-order valence-corrected chi connectivity index (χ3v) is 4.30. The maximum atomic E-state index is 12.1. The number of aromatic amines is 1. The van der Waals surface area contributed by atoms with Gasteiger partial charge in [0.05, 0.1) is 6.20 Å². The molecule has 0 saturated carbocycles. The molecule has 0 aliphatic carbocycles. The molecule has 7 heteroatoms. The average Bonchev–Trinajstić information content (AvgIpc) is 2.66. The first kappa shape index (κ1) is 12.7. The molecule has 0 aromatic carbocycles. The van der Waals surface area contributed by atoms with Crippen LogP contribution in [0.2, 0.25) is 0 Å². The summed E-state index contributed by atoms with van der Waals surface area (Å²) >= 11 is 3.24. The van der Waals surface area contributed by atoms with E-state index in [1.165, 1.54) is 16.6 Å². The van der Waals surface area contributed by atoms with E-state index in [0.717, 1.165) is 0 Å². The van der Waals surface area contributed by atoms with Crippen LogP contribution in [0.25, 0.3) is 0 Å². The van der Waals surface area contributed by atoms with Crippen molar-refractivity contribution in [3.63, 3.8) is 0 Å². The first-order chi connectivity index (χ1) is 7.00. The van der Waals surface area contributed by atoms with Gasteiger partial charge in [-0.3, -0.25) is 5.10 Å². The van der Waals surface area contributed by atoms with Gasteiger partial charge in [0, 0.05) is 17.9 Å². The van der Waals surface area contributed by atoms with Gasteiger partial charge in [0.15, 0.2) is 5.03 Å². The van der Waals surface area contributed by atoms with Crippen molar-refractivity contribution in [1.82, 2.24) is 14.5 Å². The summed E-state index contributed by atoms with van der Waals surface area (Å²) in [6.07, 6.45) is 1.43. The second-order valence-electron chi connectivity index (χ2n) is 3.32. The molecular weight excluding hydrogens is 282 g/mol. The molecule has 0 amide bonds. The molecule has 0 unspecified atom stereocenters. The van der Waals surface area contributed by atoms with Crippen molar-refractivity contribution in [1.29, 1.82) is 0 Å². The van der Waals surface area contributed by atoms with Crippen LogP contribution in [-0.2, 0) is 10.0 Å². The topological polar surface area (TPSA) is 66.1 Å². The van der Waals surface area contributed by atoms with Crippen LogP contribution in [0.1, 0.15) is 13.8 Å². The summed E-state index contributed by atoms with van der Waals surface area (Å²) < 4.78 is 25.5. The molecule has 86 valence electrons. The minimum atomic E-state index is -3.43. The zero-order chi connectivity index (χ0) is 11.5. The molecular formula is C8H14BrN3O2S. The monoisotopic (exact) mass is 295 g/mol. The van der Waals surface area contributed by atoms with Gasteiger partial charge in [-0.25, -0.2) is 8.42 Å². The van der Waals surface area contributed by atoms with Crippen molar-refractivity contribution in [3.8, 4) is 0 Å². The number of H-pyrrole nitrogens is 1. The number of hydrogen-bond donors (Lipinski definition) is 1. The van der Waals surface area contributed by atoms with Crippen molar-refractivity contribution in [2.24, 2.45) is 0 Å². The third-order valence-electron chi connectivity index (χ3n) is 1.94. The Labute approximate surface area is 98.0 Å².